The molecule has 0 spiro atoms. The van der Waals surface area contributed by atoms with Crippen molar-refractivity contribution in [3.05, 3.63) is 60.7 Å². The Morgan fingerprint density at radius 3 is 1.27 bits per heavy atom. The van der Waals surface area contributed by atoms with E-state index >= 15 is 0 Å². The summed E-state index contributed by atoms with van der Waals surface area (Å²) in [5.74, 6) is 0. The van der Waals surface area contributed by atoms with E-state index in [2.05, 4.69) is 0 Å². The molecule has 0 bridgehead atoms. The number of rotatable bonds is 2. The van der Waals surface area contributed by atoms with Gasteiger partial charge in [-0.05, 0) is 0 Å². The molecule has 0 aliphatic heterocycles. The summed E-state index contributed by atoms with van der Waals surface area (Å²) in [7, 11) is -3.46. The molecule has 3 heteroatoms. The Bertz CT molecular complexity index is 384. The Hall–Kier alpha value is -1.42. The van der Waals surface area contributed by atoms with Crippen LogP contribution in [0.15, 0.2) is 60.7 Å². The summed E-state index contributed by atoms with van der Waals surface area (Å²) in [5.41, 5.74) is 0. The average molecular weight is 216 g/mol. The topological polar surface area (TPSA) is 40.5 Å². The van der Waals surface area contributed by atoms with Crippen molar-refractivity contribution in [2.45, 2.75) is 0 Å². The molecule has 0 aromatic heterocycles. The standard InChI is InChI=1S/C12H12O2Si/c13-15(14,11-7-3-1-4-8-11)12-9-5-2-6-10-12/h1-10,13-14H/q-1. The van der Waals surface area contributed by atoms with Crippen LogP contribution in [0.5, 0.6) is 0 Å². The number of hydrogen-bond acceptors (Lipinski definition) is 2. The quantitative estimate of drug-likeness (QED) is 0.705. The zero-order valence-corrected chi connectivity index (χ0v) is 9.17. The van der Waals surface area contributed by atoms with Gasteiger partial charge in [-0.3, -0.25) is 0 Å². The predicted molar refractivity (Wildman–Crippen MR) is 62.3 cm³/mol. The maximum Gasteiger partial charge on any atom is 0.185 e. The highest BCUT2D eigenvalue weighted by molar-refractivity contribution is 6.90. The van der Waals surface area contributed by atoms with E-state index in [4.69, 9.17) is 0 Å². The molecule has 2 aromatic carbocycles. The van der Waals surface area contributed by atoms with Gasteiger partial charge in [-0.15, -0.1) is 10.4 Å². The van der Waals surface area contributed by atoms with Crippen LogP contribution in [0, 0.1) is 0 Å². The van der Waals surface area contributed by atoms with Crippen molar-refractivity contribution in [3.8, 4) is 0 Å². The van der Waals surface area contributed by atoms with Crippen LogP contribution < -0.4 is 10.4 Å². The van der Waals surface area contributed by atoms with E-state index < -0.39 is 8.56 Å². The highest BCUT2D eigenvalue weighted by atomic mass is 28.4. The summed E-state index contributed by atoms with van der Waals surface area (Å²) in [4.78, 5) is 20.3. The predicted octanol–water partition coefficient (Wildman–Crippen LogP) is 0.228. The zero-order valence-electron chi connectivity index (χ0n) is 8.17. The van der Waals surface area contributed by atoms with Crippen molar-refractivity contribution < 1.29 is 9.59 Å². The number of benzene rings is 2. The molecule has 0 aliphatic rings. The van der Waals surface area contributed by atoms with Gasteiger partial charge in [0.2, 0.25) is 0 Å². The number of hydrogen-bond donors (Lipinski definition) is 2. The van der Waals surface area contributed by atoms with Gasteiger partial charge in [0.15, 0.2) is 8.56 Å². The molecular weight excluding hydrogens is 204 g/mol. The first kappa shape index (κ1) is 10.1. The monoisotopic (exact) mass is 216 g/mol. The second kappa shape index (κ2) is 3.98. The Labute approximate surface area is 89.7 Å². The zero-order chi connectivity index (χ0) is 10.7. The Balaban J connectivity index is 2.44. The molecule has 0 atom stereocenters. The Kier molecular flexibility index (Phi) is 2.68. The van der Waals surface area contributed by atoms with Crippen LogP contribution >= 0.6 is 0 Å². The maximum atomic E-state index is 10.2. The highest BCUT2D eigenvalue weighted by Gasteiger charge is 2.18. The van der Waals surface area contributed by atoms with Crippen molar-refractivity contribution >= 4 is 18.9 Å². The van der Waals surface area contributed by atoms with Crippen molar-refractivity contribution in [3.63, 3.8) is 0 Å². The molecule has 0 amide bonds. The normalized spacial score (nSPS) is 11.3. The second-order valence-electron chi connectivity index (χ2n) is 3.40. The fraction of sp³-hybridized carbons (Fsp3) is 0. The maximum absolute atomic E-state index is 10.2. The lowest BCUT2D eigenvalue weighted by molar-refractivity contribution is 0.401. The van der Waals surface area contributed by atoms with Crippen molar-refractivity contribution in [2.75, 3.05) is 0 Å². The van der Waals surface area contributed by atoms with Gasteiger partial charge in [0, 0.05) is 0 Å². The largest absolute Gasteiger partial charge is 0.554 e. The minimum absolute atomic E-state index is 0.608. The Morgan fingerprint density at radius 1 is 0.600 bits per heavy atom. The fourth-order valence-electron chi connectivity index (χ4n) is 1.51. The molecule has 0 fully saturated rings. The summed E-state index contributed by atoms with van der Waals surface area (Å²) in [6, 6.07) is 18.0. The van der Waals surface area contributed by atoms with Crippen LogP contribution in [0.4, 0.5) is 0 Å². The van der Waals surface area contributed by atoms with Crippen LogP contribution in [0.2, 0.25) is 0 Å². The van der Waals surface area contributed by atoms with Gasteiger partial charge >= 0.3 is 0 Å². The lowest BCUT2D eigenvalue weighted by Crippen LogP contribution is -2.59. The van der Waals surface area contributed by atoms with Crippen molar-refractivity contribution in [2.24, 2.45) is 0 Å². The van der Waals surface area contributed by atoms with Gasteiger partial charge in [0.1, 0.15) is 0 Å². The third-order valence-electron chi connectivity index (χ3n) is 2.35. The SMILES string of the molecule is O[Si-](O)(c1ccccc1)c1ccccc1. The van der Waals surface area contributed by atoms with E-state index in [1.807, 2.05) is 36.4 Å². The molecule has 2 rings (SSSR count). The molecule has 0 unspecified atom stereocenters. The van der Waals surface area contributed by atoms with E-state index in [0.29, 0.717) is 10.4 Å². The lowest BCUT2D eigenvalue weighted by atomic mass is 10.4. The second-order valence-corrected chi connectivity index (χ2v) is 5.90. The van der Waals surface area contributed by atoms with Crippen molar-refractivity contribution in [1.29, 1.82) is 0 Å². The highest BCUT2D eigenvalue weighted by Crippen LogP contribution is 1.97. The van der Waals surface area contributed by atoms with Gasteiger partial charge in [-0.2, -0.15) is 0 Å². The first-order valence-corrected chi connectivity index (χ1v) is 6.66. The first-order valence-electron chi connectivity index (χ1n) is 4.77. The van der Waals surface area contributed by atoms with Gasteiger partial charge in [0.05, 0.1) is 0 Å². The van der Waals surface area contributed by atoms with E-state index in [1.165, 1.54) is 0 Å². The van der Waals surface area contributed by atoms with Crippen LogP contribution in [0.3, 0.4) is 0 Å². The molecule has 0 saturated heterocycles. The molecule has 2 aromatic rings. The van der Waals surface area contributed by atoms with Gasteiger partial charge < -0.3 is 9.59 Å². The summed E-state index contributed by atoms with van der Waals surface area (Å²) in [6.07, 6.45) is 0. The Morgan fingerprint density at radius 2 is 0.933 bits per heavy atom. The minimum Gasteiger partial charge on any atom is -0.554 e. The third kappa shape index (κ3) is 1.99. The van der Waals surface area contributed by atoms with Gasteiger partial charge in [0.25, 0.3) is 0 Å². The van der Waals surface area contributed by atoms with Crippen molar-refractivity contribution in [1.82, 2.24) is 0 Å². The molecule has 15 heavy (non-hydrogen) atoms. The minimum atomic E-state index is -3.46. The molecule has 0 heterocycles. The molecule has 0 radical (unpaired) electrons. The van der Waals surface area contributed by atoms with Gasteiger partial charge in [-0.25, -0.2) is 0 Å². The molecule has 0 aliphatic carbocycles. The molecule has 2 N–H and O–H groups in total. The average Bonchev–Trinajstić information content (AvgIpc) is 2.31. The summed E-state index contributed by atoms with van der Waals surface area (Å²) < 4.78 is 0. The molecule has 2 nitrogen and oxygen atoms in total. The summed E-state index contributed by atoms with van der Waals surface area (Å²) in [6.45, 7) is 0. The van der Waals surface area contributed by atoms with E-state index in [9.17, 15) is 9.59 Å². The molecule has 77 valence electrons. The third-order valence-corrected chi connectivity index (χ3v) is 4.63. The van der Waals surface area contributed by atoms with E-state index in [-0.39, 0.29) is 0 Å². The summed E-state index contributed by atoms with van der Waals surface area (Å²) >= 11 is 0. The first-order chi connectivity index (χ1) is 7.21. The van der Waals surface area contributed by atoms with Gasteiger partial charge in [-0.1, -0.05) is 60.7 Å². The van der Waals surface area contributed by atoms with Crippen LogP contribution in [0.25, 0.3) is 0 Å². The summed E-state index contributed by atoms with van der Waals surface area (Å²) in [5, 5.41) is 1.22. The molecule has 0 saturated carbocycles. The van der Waals surface area contributed by atoms with Crippen LogP contribution in [-0.4, -0.2) is 18.2 Å². The van der Waals surface area contributed by atoms with Crippen LogP contribution in [0.1, 0.15) is 0 Å². The fourth-order valence-corrected chi connectivity index (χ4v) is 3.16. The lowest BCUT2D eigenvalue weighted by Gasteiger charge is -2.32. The van der Waals surface area contributed by atoms with Crippen LogP contribution in [-0.2, 0) is 0 Å². The smallest absolute Gasteiger partial charge is 0.185 e. The molecular formula is C12H12O2Si-. The van der Waals surface area contributed by atoms with E-state index in [0.717, 1.165) is 0 Å². The van der Waals surface area contributed by atoms with E-state index in [1.54, 1.807) is 24.3 Å².